The van der Waals surface area contributed by atoms with E-state index in [0.29, 0.717) is 12.1 Å². The Morgan fingerprint density at radius 3 is 2.53 bits per heavy atom. The smallest absolute Gasteiger partial charge is 0.0526 e. The summed E-state index contributed by atoms with van der Waals surface area (Å²) in [6.45, 7) is 6.36. The van der Waals surface area contributed by atoms with Crippen molar-refractivity contribution in [2.24, 2.45) is 5.92 Å². The molecule has 1 aliphatic rings. The van der Waals surface area contributed by atoms with Gasteiger partial charge in [0.25, 0.3) is 0 Å². The zero-order chi connectivity index (χ0) is 11.3. The Hall–Kier alpha value is -0.0800. The second kappa shape index (κ2) is 6.49. The molecule has 1 fully saturated rings. The standard InChI is InChI=1S/C13H27NO/c1-4-12-7-5-6-8-13(12)14-10(2)9-11(3)15/h10-15H,4-9H2,1-3H3. The predicted molar refractivity (Wildman–Crippen MR) is 64.9 cm³/mol. The number of rotatable bonds is 5. The molecule has 2 heteroatoms. The lowest BCUT2D eigenvalue weighted by Gasteiger charge is -2.34. The summed E-state index contributed by atoms with van der Waals surface area (Å²) < 4.78 is 0. The molecular formula is C13H27NO. The molecular weight excluding hydrogens is 186 g/mol. The second-order valence-corrected chi connectivity index (χ2v) is 5.21. The van der Waals surface area contributed by atoms with Crippen LogP contribution in [0.1, 0.15) is 59.3 Å². The third kappa shape index (κ3) is 4.52. The molecule has 0 amide bonds. The van der Waals surface area contributed by atoms with Crippen LogP contribution < -0.4 is 5.32 Å². The molecule has 2 N–H and O–H groups in total. The van der Waals surface area contributed by atoms with Crippen LogP contribution in [0.3, 0.4) is 0 Å². The maximum absolute atomic E-state index is 9.34. The minimum absolute atomic E-state index is 0.184. The molecule has 4 atom stereocenters. The Morgan fingerprint density at radius 2 is 1.93 bits per heavy atom. The lowest BCUT2D eigenvalue weighted by molar-refractivity contribution is 0.157. The summed E-state index contributed by atoms with van der Waals surface area (Å²) in [6.07, 6.45) is 7.46. The molecule has 0 heterocycles. The molecule has 1 aliphatic carbocycles. The summed E-state index contributed by atoms with van der Waals surface area (Å²) in [7, 11) is 0. The fraction of sp³-hybridized carbons (Fsp3) is 1.00. The van der Waals surface area contributed by atoms with Crippen LogP contribution in [0.4, 0.5) is 0 Å². The van der Waals surface area contributed by atoms with Crippen molar-refractivity contribution in [3.8, 4) is 0 Å². The van der Waals surface area contributed by atoms with Crippen LogP contribution in [0.25, 0.3) is 0 Å². The van der Waals surface area contributed by atoms with Gasteiger partial charge in [0.2, 0.25) is 0 Å². The van der Waals surface area contributed by atoms with E-state index < -0.39 is 0 Å². The topological polar surface area (TPSA) is 32.3 Å². The number of hydrogen-bond donors (Lipinski definition) is 2. The van der Waals surface area contributed by atoms with E-state index in [2.05, 4.69) is 19.2 Å². The van der Waals surface area contributed by atoms with E-state index in [-0.39, 0.29) is 6.10 Å². The average molecular weight is 213 g/mol. The monoisotopic (exact) mass is 213 g/mol. The van der Waals surface area contributed by atoms with Crippen molar-refractivity contribution in [3.63, 3.8) is 0 Å². The summed E-state index contributed by atoms with van der Waals surface area (Å²) in [5.74, 6) is 0.857. The van der Waals surface area contributed by atoms with Gasteiger partial charge >= 0.3 is 0 Å². The maximum Gasteiger partial charge on any atom is 0.0526 e. The summed E-state index contributed by atoms with van der Waals surface area (Å²) in [5, 5.41) is 13.0. The van der Waals surface area contributed by atoms with Gasteiger partial charge in [-0.3, -0.25) is 0 Å². The van der Waals surface area contributed by atoms with Gasteiger partial charge in [0.1, 0.15) is 0 Å². The molecule has 4 unspecified atom stereocenters. The Bertz CT molecular complexity index is 170. The first-order valence-electron chi connectivity index (χ1n) is 6.57. The van der Waals surface area contributed by atoms with Gasteiger partial charge in [-0.05, 0) is 39.0 Å². The van der Waals surface area contributed by atoms with E-state index in [4.69, 9.17) is 0 Å². The lowest BCUT2D eigenvalue weighted by Crippen LogP contribution is -2.44. The van der Waals surface area contributed by atoms with Gasteiger partial charge in [-0.2, -0.15) is 0 Å². The van der Waals surface area contributed by atoms with Gasteiger partial charge in [0, 0.05) is 12.1 Å². The van der Waals surface area contributed by atoms with Gasteiger partial charge < -0.3 is 10.4 Å². The highest BCUT2D eigenvalue weighted by Gasteiger charge is 2.24. The van der Waals surface area contributed by atoms with Crippen molar-refractivity contribution < 1.29 is 5.11 Å². The molecule has 0 aromatic carbocycles. The molecule has 1 saturated carbocycles. The highest BCUT2D eigenvalue weighted by molar-refractivity contribution is 4.82. The first-order chi connectivity index (χ1) is 7.13. The molecule has 2 nitrogen and oxygen atoms in total. The molecule has 0 aromatic heterocycles. The first-order valence-corrected chi connectivity index (χ1v) is 6.57. The minimum atomic E-state index is -0.184. The fourth-order valence-electron chi connectivity index (χ4n) is 2.86. The predicted octanol–water partition coefficient (Wildman–Crippen LogP) is 2.70. The molecule has 0 aliphatic heterocycles. The molecule has 0 spiro atoms. The third-order valence-corrected chi connectivity index (χ3v) is 3.63. The largest absolute Gasteiger partial charge is 0.393 e. The Labute approximate surface area is 94.5 Å². The normalized spacial score (nSPS) is 31.2. The maximum atomic E-state index is 9.34. The molecule has 1 rings (SSSR count). The van der Waals surface area contributed by atoms with Crippen molar-refractivity contribution in [2.45, 2.75) is 77.5 Å². The zero-order valence-corrected chi connectivity index (χ0v) is 10.5. The van der Waals surface area contributed by atoms with Crippen LogP contribution in [0.5, 0.6) is 0 Å². The Morgan fingerprint density at radius 1 is 1.27 bits per heavy atom. The van der Waals surface area contributed by atoms with Crippen molar-refractivity contribution >= 4 is 0 Å². The Kier molecular flexibility index (Phi) is 5.62. The number of aliphatic hydroxyl groups is 1. The molecule has 0 aromatic rings. The van der Waals surface area contributed by atoms with E-state index in [1.54, 1.807) is 0 Å². The summed E-state index contributed by atoms with van der Waals surface area (Å²) >= 11 is 0. The molecule has 0 bridgehead atoms. The number of nitrogens with one attached hydrogen (secondary N) is 1. The summed E-state index contributed by atoms with van der Waals surface area (Å²) in [6, 6.07) is 1.14. The van der Waals surface area contributed by atoms with E-state index in [9.17, 15) is 5.11 Å². The fourth-order valence-corrected chi connectivity index (χ4v) is 2.86. The molecule has 15 heavy (non-hydrogen) atoms. The minimum Gasteiger partial charge on any atom is -0.393 e. The van der Waals surface area contributed by atoms with E-state index >= 15 is 0 Å². The molecule has 0 radical (unpaired) electrons. The van der Waals surface area contributed by atoms with Gasteiger partial charge in [-0.25, -0.2) is 0 Å². The van der Waals surface area contributed by atoms with Crippen LogP contribution in [-0.2, 0) is 0 Å². The van der Waals surface area contributed by atoms with Gasteiger partial charge in [-0.15, -0.1) is 0 Å². The van der Waals surface area contributed by atoms with Crippen LogP contribution >= 0.6 is 0 Å². The lowest BCUT2D eigenvalue weighted by atomic mass is 9.82. The van der Waals surface area contributed by atoms with Crippen molar-refractivity contribution in [2.75, 3.05) is 0 Å². The summed E-state index contributed by atoms with van der Waals surface area (Å²) in [4.78, 5) is 0. The molecule has 0 saturated heterocycles. The van der Waals surface area contributed by atoms with E-state index in [0.717, 1.165) is 12.3 Å². The van der Waals surface area contributed by atoms with E-state index in [1.165, 1.54) is 32.1 Å². The number of hydrogen-bond acceptors (Lipinski definition) is 2. The van der Waals surface area contributed by atoms with Crippen molar-refractivity contribution in [3.05, 3.63) is 0 Å². The van der Waals surface area contributed by atoms with Crippen molar-refractivity contribution in [1.29, 1.82) is 0 Å². The quantitative estimate of drug-likeness (QED) is 0.736. The third-order valence-electron chi connectivity index (χ3n) is 3.63. The highest BCUT2D eigenvalue weighted by atomic mass is 16.3. The number of aliphatic hydroxyl groups excluding tert-OH is 1. The van der Waals surface area contributed by atoms with Gasteiger partial charge in [0.15, 0.2) is 0 Å². The van der Waals surface area contributed by atoms with Crippen LogP contribution in [0, 0.1) is 5.92 Å². The van der Waals surface area contributed by atoms with Gasteiger partial charge in [-0.1, -0.05) is 26.2 Å². The van der Waals surface area contributed by atoms with Crippen molar-refractivity contribution in [1.82, 2.24) is 5.32 Å². The SMILES string of the molecule is CCC1CCCCC1NC(C)CC(C)O. The second-order valence-electron chi connectivity index (χ2n) is 5.21. The zero-order valence-electron chi connectivity index (χ0n) is 10.5. The summed E-state index contributed by atoms with van der Waals surface area (Å²) in [5.41, 5.74) is 0. The molecule has 90 valence electrons. The highest BCUT2D eigenvalue weighted by Crippen LogP contribution is 2.27. The first kappa shape index (κ1) is 13.0. The Balaban J connectivity index is 2.33. The average Bonchev–Trinajstić information content (AvgIpc) is 2.17. The van der Waals surface area contributed by atoms with Crippen LogP contribution in [0.2, 0.25) is 0 Å². The van der Waals surface area contributed by atoms with Crippen LogP contribution in [-0.4, -0.2) is 23.3 Å². The van der Waals surface area contributed by atoms with Crippen LogP contribution in [0.15, 0.2) is 0 Å². The van der Waals surface area contributed by atoms with Gasteiger partial charge in [0.05, 0.1) is 6.10 Å². The van der Waals surface area contributed by atoms with E-state index in [1.807, 2.05) is 6.92 Å².